The van der Waals surface area contributed by atoms with Gasteiger partial charge in [-0.15, -0.1) is 0 Å². The van der Waals surface area contributed by atoms with E-state index in [1.807, 2.05) is 6.07 Å². The quantitative estimate of drug-likeness (QED) is 0.755. The first kappa shape index (κ1) is 12.1. The number of pyridine rings is 1. The molecule has 0 atom stereocenters. The van der Waals surface area contributed by atoms with Crippen molar-refractivity contribution in [3.8, 4) is 23.1 Å². The average molecular weight is 319 g/mol. The lowest BCUT2D eigenvalue weighted by atomic mass is 10.00. The third kappa shape index (κ3) is 1.98. The largest absolute Gasteiger partial charge is 0.488 e. The standard InChI is InChI=1S/C14H8BrFN2O/c15-4-9-2-13-11(3-12(9)16)14-10(7-19-13)1-8(5-17)6-18-14/h1-3,6H,4,7H2. The third-order valence-electron chi connectivity index (χ3n) is 3.03. The topological polar surface area (TPSA) is 45.9 Å². The van der Waals surface area contributed by atoms with E-state index < -0.39 is 0 Å². The van der Waals surface area contributed by atoms with Gasteiger partial charge < -0.3 is 4.74 Å². The van der Waals surface area contributed by atoms with Crippen molar-refractivity contribution in [1.29, 1.82) is 5.26 Å². The molecule has 0 N–H and O–H groups in total. The van der Waals surface area contributed by atoms with E-state index in [4.69, 9.17) is 10.00 Å². The minimum atomic E-state index is -0.293. The Kier molecular flexibility index (Phi) is 2.96. The zero-order chi connectivity index (χ0) is 13.4. The van der Waals surface area contributed by atoms with Crippen LogP contribution in [0.15, 0.2) is 24.4 Å². The van der Waals surface area contributed by atoms with Crippen molar-refractivity contribution in [1.82, 2.24) is 4.98 Å². The first-order valence-electron chi connectivity index (χ1n) is 5.63. The highest BCUT2D eigenvalue weighted by Gasteiger charge is 2.21. The smallest absolute Gasteiger partial charge is 0.129 e. The Labute approximate surface area is 117 Å². The summed E-state index contributed by atoms with van der Waals surface area (Å²) in [4.78, 5) is 4.25. The highest BCUT2D eigenvalue weighted by molar-refractivity contribution is 9.08. The number of nitrogens with zero attached hydrogens (tertiary/aromatic N) is 2. The van der Waals surface area contributed by atoms with Crippen LogP contribution < -0.4 is 4.74 Å². The predicted molar refractivity (Wildman–Crippen MR) is 71.3 cm³/mol. The molecule has 19 heavy (non-hydrogen) atoms. The molecule has 0 bridgehead atoms. The molecule has 1 aliphatic rings. The number of aromatic nitrogens is 1. The van der Waals surface area contributed by atoms with Gasteiger partial charge in [0.05, 0.1) is 11.3 Å². The molecule has 0 radical (unpaired) electrons. The van der Waals surface area contributed by atoms with Gasteiger partial charge in [-0.1, -0.05) is 15.9 Å². The van der Waals surface area contributed by atoms with E-state index in [9.17, 15) is 4.39 Å². The van der Waals surface area contributed by atoms with Gasteiger partial charge in [0, 0.05) is 28.2 Å². The highest BCUT2D eigenvalue weighted by Crippen LogP contribution is 2.38. The summed E-state index contributed by atoms with van der Waals surface area (Å²) < 4.78 is 19.5. The Bertz CT molecular complexity index is 709. The number of alkyl halides is 1. The fraction of sp³-hybridized carbons (Fsp3) is 0.143. The molecule has 0 saturated carbocycles. The fourth-order valence-electron chi connectivity index (χ4n) is 2.08. The number of nitriles is 1. The monoisotopic (exact) mass is 318 g/mol. The average Bonchev–Trinajstić information content (AvgIpc) is 2.45. The van der Waals surface area contributed by atoms with Gasteiger partial charge in [-0.2, -0.15) is 5.26 Å². The molecule has 3 rings (SSSR count). The van der Waals surface area contributed by atoms with Crippen LogP contribution in [-0.2, 0) is 11.9 Å². The van der Waals surface area contributed by atoms with Gasteiger partial charge >= 0.3 is 0 Å². The van der Waals surface area contributed by atoms with E-state index in [1.165, 1.54) is 12.3 Å². The second kappa shape index (κ2) is 4.63. The van der Waals surface area contributed by atoms with E-state index in [0.29, 0.717) is 40.1 Å². The van der Waals surface area contributed by atoms with E-state index >= 15 is 0 Å². The molecule has 2 aromatic rings. The lowest BCUT2D eigenvalue weighted by Crippen LogP contribution is -2.08. The van der Waals surface area contributed by atoms with E-state index in [-0.39, 0.29) is 5.82 Å². The lowest BCUT2D eigenvalue weighted by molar-refractivity contribution is 0.300. The van der Waals surface area contributed by atoms with Crippen LogP contribution in [0.5, 0.6) is 5.75 Å². The van der Waals surface area contributed by atoms with Crippen molar-refractivity contribution in [3.63, 3.8) is 0 Å². The number of hydrogen-bond acceptors (Lipinski definition) is 3. The lowest BCUT2D eigenvalue weighted by Gasteiger charge is -2.20. The minimum absolute atomic E-state index is 0.293. The summed E-state index contributed by atoms with van der Waals surface area (Å²) in [5.41, 5.74) is 3.14. The fourth-order valence-corrected chi connectivity index (χ4v) is 2.51. The van der Waals surface area contributed by atoms with Crippen LogP contribution in [0.4, 0.5) is 4.39 Å². The SMILES string of the molecule is N#Cc1cnc2c(c1)COc1cc(CBr)c(F)cc1-2. The number of hydrogen-bond donors (Lipinski definition) is 0. The second-order valence-corrected chi connectivity index (χ2v) is 4.77. The van der Waals surface area contributed by atoms with Crippen LogP contribution >= 0.6 is 15.9 Å². The Hall–Kier alpha value is -1.93. The molecule has 0 spiro atoms. The highest BCUT2D eigenvalue weighted by atomic mass is 79.9. The molecular formula is C14H8BrFN2O. The number of fused-ring (bicyclic) bond motifs is 3. The molecule has 1 aromatic carbocycles. The first-order valence-corrected chi connectivity index (χ1v) is 6.75. The molecule has 2 heterocycles. The van der Waals surface area contributed by atoms with Crippen molar-refractivity contribution < 1.29 is 9.13 Å². The van der Waals surface area contributed by atoms with Gasteiger partial charge in [-0.05, 0) is 18.2 Å². The van der Waals surface area contributed by atoms with Crippen molar-refractivity contribution in [2.24, 2.45) is 0 Å². The van der Waals surface area contributed by atoms with Crippen molar-refractivity contribution in [3.05, 3.63) is 46.9 Å². The molecule has 0 unspecified atom stereocenters. The first-order chi connectivity index (χ1) is 9.22. The summed E-state index contributed by atoms with van der Waals surface area (Å²) in [5.74, 6) is 0.332. The van der Waals surface area contributed by atoms with Gasteiger partial charge in [0.1, 0.15) is 24.2 Å². The molecule has 94 valence electrons. The maximum atomic E-state index is 13.9. The zero-order valence-corrected chi connectivity index (χ0v) is 11.4. The van der Waals surface area contributed by atoms with Crippen LogP contribution in [0.25, 0.3) is 11.3 Å². The molecule has 0 amide bonds. The Morgan fingerprint density at radius 2 is 2.26 bits per heavy atom. The summed E-state index contributed by atoms with van der Waals surface area (Å²) >= 11 is 3.24. The van der Waals surface area contributed by atoms with Gasteiger partial charge in [-0.25, -0.2) is 4.39 Å². The number of ether oxygens (including phenoxy) is 1. The Morgan fingerprint density at radius 1 is 1.42 bits per heavy atom. The molecule has 5 heteroatoms. The molecule has 1 aromatic heterocycles. The minimum Gasteiger partial charge on any atom is -0.488 e. The number of rotatable bonds is 1. The Balaban J connectivity index is 2.19. The maximum Gasteiger partial charge on any atom is 0.129 e. The van der Waals surface area contributed by atoms with Crippen LogP contribution in [0.1, 0.15) is 16.7 Å². The Morgan fingerprint density at radius 3 is 3.00 bits per heavy atom. The summed E-state index contributed by atoms with van der Waals surface area (Å²) in [7, 11) is 0. The van der Waals surface area contributed by atoms with E-state index in [2.05, 4.69) is 20.9 Å². The normalized spacial score (nSPS) is 12.1. The third-order valence-corrected chi connectivity index (χ3v) is 3.63. The predicted octanol–water partition coefficient (Wildman–Crippen LogP) is 3.55. The van der Waals surface area contributed by atoms with Crippen molar-refractivity contribution in [2.75, 3.05) is 0 Å². The van der Waals surface area contributed by atoms with Crippen molar-refractivity contribution in [2.45, 2.75) is 11.9 Å². The molecule has 0 saturated heterocycles. The maximum absolute atomic E-state index is 13.9. The number of halogens is 2. The van der Waals surface area contributed by atoms with Gasteiger partial charge in [0.25, 0.3) is 0 Å². The molecule has 0 aliphatic carbocycles. The van der Waals surface area contributed by atoms with Crippen LogP contribution in [0.3, 0.4) is 0 Å². The van der Waals surface area contributed by atoms with E-state index in [1.54, 1.807) is 12.1 Å². The molecule has 0 fully saturated rings. The van der Waals surface area contributed by atoms with Crippen LogP contribution in [-0.4, -0.2) is 4.98 Å². The summed E-state index contributed by atoms with van der Waals surface area (Å²) in [5, 5.41) is 9.28. The molecular weight excluding hydrogens is 311 g/mol. The number of benzene rings is 1. The second-order valence-electron chi connectivity index (χ2n) is 4.21. The van der Waals surface area contributed by atoms with Crippen LogP contribution in [0, 0.1) is 17.1 Å². The van der Waals surface area contributed by atoms with Crippen molar-refractivity contribution >= 4 is 15.9 Å². The van der Waals surface area contributed by atoms with Gasteiger partial charge in [0.15, 0.2) is 0 Å². The summed E-state index contributed by atoms with van der Waals surface area (Å²) in [6, 6.07) is 6.87. The van der Waals surface area contributed by atoms with Gasteiger partial charge in [0.2, 0.25) is 0 Å². The van der Waals surface area contributed by atoms with E-state index in [0.717, 1.165) is 5.56 Å². The zero-order valence-electron chi connectivity index (χ0n) is 9.78. The van der Waals surface area contributed by atoms with Gasteiger partial charge in [-0.3, -0.25) is 4.98 Å². The summed E-state index contributed by atoms with van der Waals surface area (Å²) in [6.45, 7) is 0.345. The summed E-state index contributed by atoms with van der Waals surface area (Å²) in [6.07, 6.45) is 1.49. The molecule has 3 nitrogen and oxygen atoms in total. The molecule has 1 aliphatic heterocycles. The van der Waals surface area contributed by atoms with Crippen LogP contribution in [0.2, 0.25) is 0 Å².